The number of aromatic nitrogens is 2. The Morgan fingerprint density at radius 1 is 1.60 bits per heavy atom. The van der Waals surface area contributed by atoms with Crippen LogP contribution < -0.4 is 0 Å². The Bertz CT molecular complexity index is 459. The van der Waals surface area contributed by atoms with Gasteiger partial charge in [0, 0.05) is 26.7 Å². The fourth-order valence-electron chi connectivity index (χ4n) is 2.62. The van der Waals surface area contributed by atoms with Gasteiger partial charge in [-0.05, 0) is 25.8 Å². The molecular formula is C14H23N3O3. The molecule has 1 aliphatic rings. The van der Waals surface area contributed by atoms with E-state index in [1.807, 2.05) is 0 Å². The number of hydrogen-bond acceptors (Lipinski definition) is 4. The van der Waals surface area contributed by atoms with Crippen LogP contribution in [0.5, 0.6) is 0 Å². The first-order valence-corrected chi connectivity index (χ1v) is 7.20. The van der Waals surface area contributed by atoms with Crippen molar-refractivity contribution in [2.75, 3.05) is 19.7 Å². The molecule has 1 aliphatic heterocycles. The van der Waals surface area contributed by atoms with E-state index in [2.05, 4.69) is 16.9 Å². The van der Waals surface area contributed by atoms with Crippen molar-refractivity contribution in [2.45, 2.75) is 38.8 Å². The van der Waals surface area contributed by atoms with Crippen LogP contribution in [0.3, 0.4) is 0 Å². The summed E-state index contributed by atoms with van der Waals surface area (Å²) in [6.07, 6.45) is 4.90. The van der Waals surface area contributed by atoms with Crippen LogP contribution in [-0.2, 0) is 18.3 Å². The van der Waals surface area contributed by atoms with Crippen LogP contribution in [0.25, 0.3) is 0 Å². The Morgan fingerprint density at radius 3 is 3.10 bits per heavy atom. The Morgan fingerprint density at radius 2 is 2.40 bits per heavy atom. The summed E-state index contributed by atoms with van der Waals surface area (Å²) in [6, 6.07) is 0. The molecule has 6 nitrogen and oxygen atoms in total. The quantitative estimate of drug-likeness (QED) is 0.856. The molecule has 0 aliphatic carbocycles. The van der Waals surface area contributed by atoms with E-state index in [1.165, 1.54) is 6.20 Å². The van der Waals surface area contributed by atoms with Crippen LogP contribution in [0.15, 0.2) is 6.20 Å². The first kappa shape index (κ1) is 15.0. The molecule has 0 bridgehead atoms. The number of aromatic carboxylic acids is 1. The van der Waals surface area contributed by atoms with Gasteiger partial charge in [0.15, 0.2) is 0 Å². The molecule has 0 saturated carbocycles. The van der Waals surface area contributed by atoms with Crippen molar-refractivity contribution < 1.29 is 14.6 Å². The largest absolute Gasteiger partial charge is 0.478 e. The molecule has 6 heteroatoms. The lowest BCUT2D eigenvalue weighted by atomic mass is 10.1. The van der Waals surface area contributed by atoms with Gasteiger partial charge in [0.05, 0.1) is 18.0 Å². The molecule has 1 saturated heterocycles. The van der Waals surface area contributed by atoms with Crippen LogP contribution in [0, 0.1) is 0 Å². The van der Waals surface area contributed by atoms with E-state index in [0.717, 1.165) is 44.7 Å². The third-order valence-corrected chi connectivity index (χ3v) is 3.69. The lowest BCUT2D eigenvalue weighted by Gasteiger charge is -2.32. The average Bonchev–Trinajstić information content (AvgIpc) is 2.79. The molecule has 0 spiro atoms. The van der Waals surface area contributed by atoms with Crippen molar-refractivity contribution in [2.24, 2.45) is 7.05 Å². The smallest absolute Gasteiger partial charge is 0.339 e. The maximum Gasteiger partial charge on any atom is 0.339 e. The first-order valence-electron chi connectivity index (χ1n) is 7.20. The molecular weight excluding hydrogens is 258 g/mol. The summed E-state index contributed by atoms with van der Waals surface area (Å²) < 4.78 is 7.46. The summed E-state index contributed by atoms with van der Waals surface area (Å²) in [5.41, 5.74) is 1.05. The normalized spacial score (nSPS) is 20.2. The topological polar surface area (TPSA) is 67.6 Å². The summed E-state index contributed by atoms with van der Waals surface area (Å²) >= 11 is 0. The maximum absolute atomic E-state index is 11.2. The number of piperidine rings is 1. The summed E-state index contributed by atoms with van der Waals surface area (Å²) in [5, 5.41) is 13.2. The molecule has 20 heavy (non-hydrogen) atoms. The number of hydrogen-bond donors (Lipinski definition) is 1. The van der Waals surface area contributed by atoms with Crippen molar-refractivity contribution >= 4 is 5.97 Å². The molecule has 1 aromatic rings. The monoisotopic (exact) mass is 281 g/mol. The van der Waals surface area contributed by atoms with E-state index in [-0.39, 0.29) is 6.10 Å². The van der Waals surface area contributed by atoms with Gasteiger partial charge in [-0.1, -0.05) is 6.92 Å². The highest BCUT2D eigenvalue weighted by Gasteiger charge is 2.23. The Kier molecular flexibility index (Phi) is 5.14. The predicted octanol–water partition coefficient (Wildman–Crippen LogP) is 1.51. The number of nitrogens with zero attached hydrogens (tertiary/aromatic N) is 3. The second-order valence-corrected chi connectivity index (χ2v) is 5.30. The summed E-state index contributed by atoms with van der Waals surface area (Å²) in [5.74, 6) is -0.913. The van der Waals surface area contributed by atoms with E-state index in [0.29, 0.717) is 12.1 Å². The standard InChI is InChI=1S/C14H23N3O3/c1-3-7-20-11-5-4-6-17(9-11)10-13-12(14(18)19)8-15-16(13)2/h8,11H,3-7,9-10H2,1-2H3,(H,18,19). The third kappa shape index (κ3) is 3.58. The molecule has 1 unspecified atom stereocenters. The highest BCUT2D eigenvalue weighted by Crippen LogP contribution is 2.18. The van der Waals surface area contributed by atoms with Crippen molar-refractivity contribution in [3.63, 3.8) is 0 Å². The number of likely N-dealkylation sites (tertiary alicyclic amines) is 1. The van der Waals surface area contributed by atoms with Crippen LogP contribution in [-0.4, -0.2) is 51.6 Å². The number of aryl methyl sites for hydroxylation is 1. The number of ether oxygens (including phenoxy) is 1. The highest BCUT2D eigenvalue weighted by atomic mass is 16.5. The van der Waals surface area contributed by atoms with Crippen molar-refractivity contribution in [3.8, 4) is 0 Å². The SMILES string of the molecule is CCCOC1CCCN(Cc2c(C(=O)O)cnn2C)C1. The van der Waals surface area contributed by atoms with Crippen molar-refractivity contribution in [3.05, 3.63) is 17.5 Å². The Labute approximate surface area is 119 Å². The van der Waals surface area contributed by atoms with Gasteiger partial charge < -0.3 is 9.84 Å². The van der Waals surface area contributed by atoms with Crippen LogP contribution in [0.2, 0.25) is 0 Å². The maximum atomic E-state index is 11.2. The van der Waals surface area contributed by atoms with Gasteiger partial charge in [0.25, 0.3) is 0 Å². The lowest BCUT2D eigenvalue weighted by molar-refractivity contribution is -0.00285. The van der Waals surface area contributed by atoms with Gasteiger partial charge in [-0.15, -0.1) is 0 Å². The molecule has 0 amide bonds. The molecule has 0 radical (unpaired) electrons. The van der Waals surface area contributed by atoms with Crippen LogP contribution in [0.1, 0.15) is 42.2 Å². The van der Waals surface area contributed by atoms with Crippen LogP contribution in [0.4, 0.5) is 0 Å². The van der Waals surface area contributed by atoms with Gasteiger partial charge in [0.2, 0.25) is 0 Å². The van der Waals surface area contributed by atoms with E-state index in [9.17, 15) is 9.90 Å². The fraction of sp³-hybridized carbons (Fsp3) is 0.714. The zero-order chi connectivity index (χ0) is 14.5. The fourth-order valence-corrected chi connectivity index (χ4v) is 2.62. The van der Waals surface area contributed by atoms with Gasteiger partial charge >= 0.3 is 5.97 Å². The summed E-state index contributed by atoms with van der Waals surface area (Å²) in [4.78, 5) is 13.4. The van der Waals surface area contributed by atoms with E-state index in [1.54, 1.807) is 11.7 Å². The number of carboxylic acid groups (broad SMARTS) is 1. The van der Waals surface area contributed by atoms with E-state index >= 15 is 0 Å². The molecule has 2 heterocycles. The number of rotatable bonds is 6. The summed E-state index contributed by atoms with van der Waals surface area (Å²) in [7, 11) is 1.79. The second-order valence-electron chi connectivity index (χ2n) is 5.30. The van der Waals surface area contributed by atoms with E-state index < -0.39 is 5.97 Å². The van der Waals surface area contributed by atoms with E-state index in [4.69, 9.17) is 4.74 Å². The molecule has 0 aromatic carbocycles. The summed E-state index contributed by atoms with van der Waals surface area (Å²) in [6.45, 7) is 5.37. The molecule has 1 aromatic heterocycles. The molecule has 1 atom stereocenters. The minimum Gasteiger partial charge on any atom is -0.478 e. The third-order valence-electron chi connectivity index (χ3n) is 3.69. The van der Waals surface area contributed by atoms with Crippen molar-refractivity contribution in [1.82, 2.24) is 14.7 Å². The van der Waals surface area contributed by atoms with Gasteiger partial charge in [-0.2, -0.15) is 5.10 Å². The molecule has 2 rings (SSSR count). The van der Waals surface area contributed by atoms with Crippen LogP contribution >= 0.6 is 0 Å². The minimum absolute atomic E-state index is 0.269. The predicted molar refractivity (Wildman–Crippen MR) is 74.7 cm³/mol. The first-order chi connectivity index (χ1) is 9.61. The Balaban J connectivity index is 1.99. The van der Waals surface area contributed by atoms with Gasteiger partial charge in [-0.25, -0.2) is 4.79 Å². The molecule has 1 N–H and O–H groups in total. The molecule has 1 fully saturated rings. The van der Waals surface area contributed by atoms with Gasteiger partial charge in [-0.3, -0.25) is 9.58 Å². The highest BCUT2D eigenvalue weighted by molar-refractivity contribution is 5.88. The zero-order valence-electron chi connectivity index (χ0n) is 12.2. The average molecular weight is 281 g/mol. The molecule has 112 valence electrons. The lowest BCUT2D eigenvalue weighted by Crippen LogP contribution is -2.39. The second kappa shape index (κ2) is 6.85. The van der Waals surface area contributed by atoms with Gasteiger partial charge in [0.1, 0.15) is 5.56 Å². The number of carboxylic acids is 1. The number of carbonyl (C=O) groups is 1. The zero-order valence-corrected chi connectivity index (χ0v) is 12.2. The van der Waals surface area contributed by atoms with Crippen molar-refractivity contribution in [1.29, 1.82) is 0 Å². The Hall–Kier alpha value is -1.40. The minimum atomic E-state index is -0.913.